The Morgan fingerprint density at radius 2 is 1.96 bits per heavy atom. The van der Waals surface area contributed by atoms with Crippen molar-refractivity contribution in [2.75, 3.05) is 5.32 Å². The summed E-state index contributed by atoms with van der Waals surface area (Å²) >= 11 is 3.53. The second kappa shape index (κ2) is 5.49. The topological polar surface area (TPSA) is 55.2 Å². The second-order valence-electron chi connectivity index (χ2n) is 6.06. The van der Waals surface area contributed by atoms with Gasteiger partial charge in [0, 0.05) is 28.2 Å². The molecule has 2 aliphatic rings. The summed E-state index contributed by atoms with van der Waals surface area (Å²) in [5.41, 5.74) is 3.69. The van der Waals surface area contributed by atoms with Crippen molar-refractivity contribution in [2.24, 2.45) is 5.92 Å². The number of fused-ring (bicyclic) bond motifs is 3. The Labute approximate surface area is 142 Å². The molecule has 4 rings (SSSR count). The number of nitro groups is 1. The van der Waals surface area contributed by atoms with Gasteiger partial charge in [0.15, 0.2) is 0 Å². The van der Waals surface area contributed by atoms with Gasteiger partial charge in [-0.2, -0.15) is 0 Å². The Kier molecular flexibility index (Phi) is 3.45. The summed E-state index contributed by atoms with van der Waals surface area (Å²) in [4.78, 5) is 10.5. The fraction of sp³-hybridized carbons (Fsp3) is 0.222. The van der Waals surface area contributed by atoms with Crippen molar-refractivity contribution >= 4 is 27.3 Å². The van der Waals surface area contributed by atoms with E-state index in [0.717, 1.165) is 22.1 Å². The fourth-order valence-corrected chi connectivity index (χ4v) is 4.06. The van der Waals surface area contributed by atoms with E-state index in [-0.39, 0.29) is 16.7 Å². The molecule has 2 aromatic rings. The number of nitro benzene ring substituents is 1. The van der Waals surface area contributed by atoms with Crippen LogP contribution in [0.2, 0.25) is 0 Å². The number of allylic oxidation sites excluding steroid dienone is 2. The van der Waals surface area contributed by atoms with Crippen LogP contribution in [0.15, 0.2) is 59.1 Å². The van der Waals surface area contributed by atoms with E-state index in [1.54, 1.807) is 12.1 Å². The van der Waals surface area contributed by atoms with Crippen LogP contribution in [0, 0.1) is 16.0 Å². The summed E-state index contributed by atoms with van der Waals surface area (Å²) < 4.78 is 1.05. The van der Waals surface area contributed by atoms with Gasteiger partial charge in [-0.15, -0.1) is 0 Å². The van der Waals surface area contributed by atoms with Crippen molar-refractivity contribution in [3.8, 4) is 0 Å². The average Bonchev–Trinajstić information content (AvgIpc) is 3.03. The van der Waals surface area contributed by atoms with Gasteiger partial charge in [-0.05, 0) is 35.6 Å². The molecular weight excluding hydrogens is 356 g/mol. The number of non-ortho nitro benzene ring substituents is 1. The van der Waals surface area contributed by atoms with E-state index >= 15 is 0 Å². The largest absolute Gasteiger partial charge is 0.378 e. The maximum absolute atomic E-state index is 10.8. The molecule has 1 aliphatic heterocycles. The molecular formula is C18H15BrN2O2. The second-order valence-corrected chi connectivity index (χ2v) is 6.97. The molecule has 0 fully saturated rings. The SMILES string of the molecule is O=[N+]([O-])c1ccc([C@H]2Nc3cc(Br)ccc3[C@H]3C=CC[C@H]32)cc1. The van der Waals surface area contributed by atoms with E-state index in [9.17, 15) is 10.1 Å². The standard InChI is InChI=1S/C18H15BrN2O2/c19-12-6-9-15-14-2-1-3-16(14)18(20-17(15)10-12)11-4-7-13(8-5-11)21(22)23/h1-2,4-10,14,16,18,20H,3H2/t14-,16-,18-/m1/s1. The van der Waals surface area contributed by atoms with Crippen LogP contribution in [0.3, 0.4) is 0 Å². The highest BCUT2D eigenvalue weighted by molar-refractivity contribution is 9.10. The van der Waals surface area contributed by atoms with Crippen LogP contribution >= 0.6 is 15.9 Å². The fourth-order valence-electron chi connectivity index (χ4n) is 3.70. The van der Waals surface area contributed by atoms with Crippen LogP contribution in [-0.2, 0) is 0 Å². The Balaban J connectivity index is 1.73. The van der Waals surface area contributed by atoms with Crippen molar-refractivity contribution in [1.29, 1.82) is 0 Å². The lowest BCUT2D eigenvalue weighted by molar-refractivity contribution is -0.384. The quantitative estimate of drug-likeness (QED) is 0.449. The molecule has 0 spiro atoms. The molecule has 0 amide bonds. The van der Waals surface area contributed by atoms with E-state index in [4.69, 9.17) is 0 Å². The Morgan fingerprint density at radius 1 is 1.17 bits per heavy atom. The van der Waals surface area contributed by atoms with Crippen LogP contribution in [0.5, 0.6) is 0 Å². The molecule has 1 aliphatic carbocycles. The molecule has 2 aromatic carbocycles. The van der Waals surface area contributed by atoms with Gasteiger partial charge in [0.05, 0.1) is 11.0 Å². The van der Waals surface area contributed by atoms with Crippen LogP contribution in [-0.4, -0.2) is 4.92 Å². The summed E-state index contributed by atoms with van der Waals surface area (Å²) in [5.74, 6) is 0.852. The number of halogens is 1. The minimum Gasteiger partial charge on any atom is -0.378 e. The summed E-state index contributed by atoms with van der Waals surface area (Å²) in [7, 11) is 0. The third-order valence-corrected chi connectivity index (χ3v) is 5.28. The predicted octanol–water partition coefficient (Wildman–Crippen LogP) is 5.18. The van der Waals surface area contributed by atoms with Gasteiger partial charge >= 0.3 is 0 Å². The van der Waals surface area contributed by atoms with E-state index < -0.39 is 0 Å². The minimum atomic E-state index is -0.357. The molecule has 3 atom stereocenters. The molecule has 0 unspecified atom stereocenters. The van der Waals surface area contributed by atoms with Gasteiger partial charge in [-0.3, -0.25) is 10.1 Å². The van der Waals surface area contributed by atoms with Crippen molar-refractivity contribution in [2.45, 2.75) is 18.4 Å². The lowest BCUT2D eigenvalue weighted by Gasteiger charge is -2.37. The maximum Gasteiger partial charge on any atom is 0.269 e. The first kappa shape index (κ1) is 14.5. The molecule has 0 aromatic heterocycles. The third kappa shape index (κ3) is 2.45. The summed E-state index contributed by atoms with van der Waals surface area (Å²) in [6.45, 7) is 0. The molecule has 116 valence electrons. The predicted molar refractivity (Wildman–Crippen MR) is 93.6 cm³/mol. The van der Waals surface area contributed by atoms with E-state index in [1.165, 1.54) is 5.56 Å². The monoisotopic (exact) mass is 370 g/mol. The van der Waals surface area contributed by atoms with Crippen LogP contribution in [0.4, 0.5) is 11.4 Å². The first-order chi connectivity index (χ1) is 11.1. The molecule has 1 N–H and O–H groups in total. The molecule has 5 heteroatoms. The van der Waals surface area contributed by atoms with E-state index in [1.807, 2.05) is 12.1 Å². The molecule has 0 saturated heterocycles. The summed E-state index contributed by atoms with van der Waals surface area (Å²) in [6, 6.07) is 13.4. The number of nitrogens with zero attached hydrogens (tertiary/aromatic N) is 1. The van der Waals surface area contributed by atoms with Crippen LogP contribution in [0.1, 0.15) is 29.5 Å². The number of nitrogens with one attached hydrogen (secondary N) is 1. The van der Waals surface area contributed by atoms with Crippen molar-refractivity contribution in [1.82, 2.24) is 0 Å². The first-order valence-electron chi connectivity index (χ1n) is 7.60. The maximum atomic E-state index is 10.8. The Bertz CT molecular complexity index is 801. The highest BCUT2D eigenvalue weighted by Crippen LogP contribution is 2.50. The lowest BCUT2D eigenvalue weighted by Crippen LogP contribution is -2.29. The smallest absolute Gasteiger partial charge is 0.269 e. The van der Waals surface area contributed by atoms with Gasteiger partial charge < -0.3 is 5.32 Å². The number of hydrogen-bond acceptors (Lipinski definition) is 3. The molecule has 0 saturated carbocycles. The van der Waals surface area contributed by atoms with Crippen molar-refractivity contribution in [3.63, 3.8) is 0 Å². The average molecular weight is 371 g/mol. The van der Waals surface area contributed by atoms with E-state index in [0.29, 0.717) is 11.8 Å². The third-order valence-electron chi connectivity index (χ3n) is 4.79. The highest BCUT2D eigenvalue weighted by atomic mass is 79.9. The van der Waals surface area contributed by atoms with Gasteiger partial charge in [0.25, 0.3) is 5.69 Å². The highest BCUT2D eigenvalue weighted by Gasteiger charge is 2.37. The number of benzene rings is 2. The van der Waals surface area contributed by atoms with E-state index in [2.05, 4.69) is 51.6 Å². The Morgan fingerprint density at radius 3 is 2.70 bits per heavy atom. The lowest BCUT2D eigenvalue weighted by atomic mass is 9.77. The Hall–Kier alpha value is -2.14. The van der Waals surface area contributed by atoms with Gasteiger partial charge in [-0.1, -0.05) is 46.3 Å². The zero-order chi connectivity index (χ0) is 16.0. The molecule has 1 heterocycles. The molecule has 23 heavy (non-hydrogen) atoms. The summed E-state index contributed by atoms with van der Waals surface area (Å²) in [5, 5.41) is 14.5. The summed E-state index contributed by atoms with van der Waals surface area (Å²) in [6.07, 6.45) is 5.55. The van der Waals surface area contributed by atoms with Gasteiger partial charge in [-0.25, -0.2) is 0 Å². The first-order valence-corrected chi connectivity index (χ1v) is 8.40. The number of anilines is 1. The number of rotatable bonds is 2. The van der Waals surface area contributed by atoms with Crippen LogP contribution < -0.4 is 5.32 Å². The number of hydrogen-bond donors (Lipinski definition) is 1. The zero-order valence-corrected chi connectivity index (χ0v) is 13.9. The molecule has 4 nitrogen and oxygen atoms in total. The van der Waals surface area contributed by atoms with Gasteiger partial charge in [0.1, 0.15) is 0 Å². The molecule has 0 bridgehead atoms. The van der Waals surface area contributed by atoms with Crippen molar-refractivity contribution < 1.29 is 4.92 Å². The van der Waals surface area contributed by atoms with Crippen LogP contribution in [0.25, 0.3) is 0 Å². The normalized spacial score (nSPS) is 24.7. The van der Waals surface area contributed by atoms with Crippen molar-refractivity contribution in [3.05, 3.63) is 80.3 Å². The zero-order valence-electron chi connectivity index (χ0n) is 12.3. The molecule has 0 radical (unpaired) electrons. The minimum absolute atomic E-state index is 0.133. The van der Waals surface area contributed by atoms with Gasteiger partial charge in [0.2, 0.25) is 0 Å².